The van der Waals surface area contributed by atoms with Gasteiger partial charge in [0.25, 0.3) is 5.56 Å². The highest BCUT2D eigenvalue weighted by Gasteiger charge is 2.27. The van der Waals surface area contributed by atoms with E-state index in [0.29, 0.717) is 11.7 Å². The number of thiophene rings is 1. The minimum absolute atomic E-state index is 0.0393. The topological polar surface area (TPSA) is 64.0 Å². The summed E-state index contributed by atoms with van der Waals surface area (Å²) >= 11 is 2.94. The van der Waals surface area contributed by atoms with Crippen molar-refractivity contribution < 1.29 is 4.79 Å². The molecular formula is C28H27N3O2S2. The Labute approximate surface area is 212 Å². The van der Waals surface area contributed by atoms with Crippen molar-refractivity contribution in [1.29, 1.82) is 0 Å². The molecule has 1 unspecified atom stereocenters. The largest absolute Gasteiger partial charge is 0.325 e. The molecule has 4 aromatic rings. The lowest BCUT2D eigenvalue weighted by molar-refractivity contribution is -0.115. The van der Waals surface area contributed by atoms with E-state index in [2.05, 4.69) is 11.9 Å². The third kappa shape index (κ3) is 4.83. The number of nitrogens with zero attached hydrogens (tertiary/aromatic N) is 2. The summed E-state index contributed by atoms with van der Waals surface area (Å²) in [6.45, 7) is 6.21. The normalized spacial score (nSPS) is 13.9. The molecule has 2 heterocycles. The van der Waals surface area contributed by atoms with Crippen LogP contribution in [0.4, 0.5) is 5.69 Å². The summed E-state index contributed by atoms with van der Waals surface area (Å²) < 4.78 is 1.66. The van der Waals surface area contributed by atoms with Gasteiger partial charge in [0.05, 0.1) is 5.39 Å². The fourth-order valence-electron chi connectivity index (χ4n) is 4.45. The van der Waals surface area contributed by atoms with Crippen molar-refractivity contribution in [2.24, 2.45) is 0 Å². The molecule has 5 nitrogen and oxygen atoms in total. The minimum Gasteiger partial charge on any atom is -0.325 e. The monoisotopic (exact) mass is 501 g/mol. The fourth-order valence-corrected chi connectivity index (χ4v) is 6.86. The van der Waals surface area contributed by atoms with E-state index < -0.39 is 5.25 Å². The van der Waals surface area contributed by atoms with E-state index in [1.165, 1.54) is 22.2 Å². The molecule has 1 aliphatic carbocycles. The molecule has 1 amide bonds. The fraction of sp³-hybridized carbons (Fsp3) is 0.250. The summed E-state index contributed by atoms with van der Waals surface area (Å²) in [7, 11) is 0. The van der Waals surface area contributed by atoms with Gasteiger partial charge < -0.3 is 5.32 Å². The predicted octanol–water partition coefficient (Wildman–Crippen LogP) is 6.30. The van der Waals surface area contributed by atoms with E-state index in [4.69, 9.17) is 4.98 Å². The molecule has 1 N–H and O–H groups in total. The highest BCUT2D eigenvalue weighted by molar-refractivity contribution is 8.00. The van der Waals surface area contributed by atoms with Crippen molar-refractivity contribution in [2.45, 2.75) is 49.6 Å². The maximum Gasteiger partial charge on any atom is 0.263 e. The van der Waals surface area contributed by atoms with Crippen molar-refractivity contribution >= 4 is 44.9 Å². The summed E-state index contributed by atoms with van der Waals surface area (Å²) in [5.41, 5.74) is 3.84. The van der Waals surface area contributed by atoms with Crippen LogP contribution in [0.1, 0.15) is 39.7 Å². The molecule has 0 bridgehead atoms. The number of rotatable bonds is 7. The first-order valence-electron chi connectivity index (χ1n) is 11.8. The van der Waals surface area contributed by atoms with Gasteiger partial charge in [-0.2, -0.15) is 0 Å². The Hall–Kier alpha value is -3.16. The van der Waals surface area contributed by atoms with Crippen LogP contribution in [0, 0.1) is 6.92 Å². The van der Waals surface area contributed by atoms with Gasteiger partial charge in [-0.25, -0.2) is 4.98 Å². The average Bonchev–Trinajstić information content (AvgIpc) is 3.25. The summed E-state index contributed by atoms with van der Waals surface area (Å²) in [5.74, 6) is -0.157. The molecule has 2 aromatic heterocycles. The quantitative estimate of drug-likeness (QED) is 0.183. The molecule has 178 valence electrons. The molecule has 7 heteroatoms. The number of aromatic nitrogens is 2. The van der Waals surface area contributed by atoms with Crippen LogP contribution < -0.4 is 10.9 Å². The van der Waals surface area contributed by atoms with Gasteiger partial charge in [0, 0.05) is 17.1 Å². The van der Waals surface area contributed by atoms with E-state index in [-0.39, 0.29) is 11.5 Å². The minimum atomic E-state index is -0.576. The number of benzene rings is 2. The van der Waals surface area contributed by atoms with E-state index in [1.807, 2.05) is 61.5 Å². The van der Waals surface area contributed by atoms with Crippen LogP contribution in [-0.2, 0) is 24.2 Å². The van der Waals surface area contributed by atoms with Gasteiger partial charge in [0.2, 0.25) is 5.91 Å². The molecule has 35 heavy (non-hydrogen) atoms. The first kappa shape index (κ1) is 23.6. The van der Waals surface area contributed by atoms with Gasteiger partial charge in [-0.05, 0) is 55.9 Å². The van der Waals surface area contributed by atoms with Crippen LogP contribution in [0.15, 0.2) is 77.2 Å². The number of aryl methyl sites for hydroxylation is 3. The van der Waals surface area contributed by atoms with E-state index in [9.17, 15) is 9.59 Å². The van der Waals surface area contributed by atoms with Crippen molar-refractivity contribution in [1.82, 2.24) is 9.55 Å². The smallest absolute Gasteiger partial charge is 0.263 e. The van der Waals surface area contributed by atoms with Crippen molar-refractivity contribution in [3.8, 4) is 0 Å². The van der Waals surface area contributed by atoms with Gasteiger partial charge >= 0.3 is 0 Å². The Morgan fingerprint density at radius 1 is 1.17 bits per heavy atom. The molecule has 0 aliphatic heterocycles. The summed E-state index contributed by atoms with van der Waals surface area (Å²) in [6.07, 6.45) is 5.90. The third-order valence-corrected chi connectivity index (χ3v) is 8.66. The first-order valence-corrected chi connectivity index (χ1v) is 13.5. The number of fused-ring (bicyclic) bond motifs is 3. The number of carbonyl (C=O) groups is 1. The average molecular weight is 502 g/mol. The molecule has 0 spiro atoms. The van der Waals surface area contributed by atoms with Crippen LogP contribution >= 0.6 is 23.1 Å². The Morgan fingerprint density at radius 3 is 2.66 bits per heavy atom. The highest BCUT2D eigenvalue weighted by Crippen LogP contribution is 2.38. The van der Waals surface area contributed by atoms with E-state index in [1.54, 1.807) is 22.0 Å². The summed E-state index contributed by atoms with van der Waals surface area (Å²) in [4.78, 5) is 34.2. The molecule has 5 rings (SSSR count). The van der Waals surface area contributed by atoms with Gasteiger partial charge in [-0.15, -0.1) is 17.9 Å². The van der Waals surface area contributed by atoms with Gasteiger partial charge in [0.15, 0.2) is 5.16 Å². The lowest BCUT2D eigenvalue weighted by Crippen LogP contribution is -2.25. The van der Waals surface area contributed by atoms with Gasteiger partial charge in [-0.1, -0.05) is 65.9 Å². The molecular weight excluding hydrogens is 474 g/mol. The van der Waals surface area contributed by atoms with Crippen molar-refractivity contribution in [3.05, 3.63) is 99.2 Å². The molecule has 0 fully saturated rings. The third-order valence-electron chi connectivity index (χ3n) is 6.23. The summed E-state index contributed by atoms with van der Waals surface area (Å²) in [6, 6.07) is 17.4. The highest BCUT2D eigenvalue weighted by atomic mass is 32.2. The second-order valence-corrected chi connectivity index (χ2v) is 10.9. The number of anilines is 1. The standard InChI is InChI=1S/C28H27N3O2S2/c1-3-17-31-27(33)23-21-11-7-8-12-22(21)34-26(23)30-28(31)35-24(19-9-5-4-6-10-19)25(32)29-20-15-13-18(2)14-16-20/h3-6,9-10,13-16,24H,1,7-8,11-12,17H2,2H3,(H,29,32). The number of hydrogen-bond acceptors (Lipinski definition) is 5. The molecule has 0 saturated heterocycles. The maximum atomic E-state index is 13.7. The zero-order valence-electron chi connectivity index (χ0n) is 19.6. The number of carbonyl (C=O) groups excluding carboxylic acids is 1. The van der Waals surface area contributed by atoms with E-state index in [0.717, 1.165) is 52.7 Å². The predicted molar refractivity (Wildman–Crippen MR) is 146 cm³/mol. The molecule has 1 atom stereocenters. The SMILES string of the molecule is C=CCn1c(SC(C(=O)Nc2ccc(C)cc2)c2ccccc2)nc2sc3c(c2c1=O)CCCC3. The Kier molecular flexibility index (Phi) is 6.88. The van der Waals surface area contributed by atoms with Crippen LogP contribution in [0.25, 0.3) is 10.2 Å². The summed E-state index contributed by atoms with van der Waals surface area (Å²) in [5, 5.41) is 3.74. The number of hydrogen-bond donors (Lipinski definition) is 1. The molecule has 2 aromatic carbocycles. The zero-order valence-corrected chi connectivity index (χ0v) is 21.3. The van der Waals surface area contributed by atoms with Crippen LogP contribution in [0.5, 0.6) is 0 Å². The number of nitrogens with one attached hydrogen (secondary N) is 1. The van der Waals surface area contributed by atoms with Gasteiger partial charge in [-0.3, -0.25) is 14.2 Å². The second-order valence-electron chi connectivity index (χ2n) is 8.75. The lowest BCUT2D eigenvalue weighted by atomic mass is 9.97. The molecule has 0 radical (unpaired) electrons. The first-order chi connectivity index (χ1) is 17.0. The van der Waals surface area contributed by atoms with Crippen molar-refractivity contribution in [2.75, 3.05) is 5.32 Å². The Balaban J connectivity index is 1.57. The molecule has 1 aliphatic rings. The van der Waals surface area contributed by atoms with Gasteiger partial charge in [0.1, 0.15) is 10.1 Å². The Morgan fingerprint density at radius 2 is 1.91 bits per heavy atom. The van der Waals surface area contributed by atoms with Crippen LogP contribution in [0.3, 0.4) is 0 Å². The number of thioether (sulfide) groups is 1. The second kappa shape index (κ2) is 10.2. The number of amides is 1. The van der Waals surface area contributed by atoms with E-state index >= 15 is 0 Å². The zero-order chi connectivity index (χ0) is 24.4. The Bertz CT molecular complexity index is 1440. The van der Waals surface area contributed by atoms with Crippen molar-refractivity contribution in [3.63, 3.8) is 0 Å². The van der Waals surface area contributed by atoms with Crippen LogP contribution in [0.2, 0.25) is 0 Å². The maximum absolute atomic E-state index is 13.7. The number of allylic oxidation sites excluding steroid dienone is 1. The lowest BCUT2D eigenvalue weighted by Gasteiger charge is -2.19. The van der Waals surface area contributed by atoms with Crippen LogP contribution in [-0.4, -0.2) is 15.5 Å². The molecule has 0 saturated carbocycles.